The number of carbonyl (C=O) groups is 2. The number of carbonyl (C=O) groups excluding carboxylic acids is 2. The van der Waals surface area contributed by atoms with E-state index in [9.17, 15) is 9.59 Å². The van der Waals surface area contributed by atoms with E-state index in [-0.39, 0.29) is 17.4 Å². The van der Waals surface area contributed by atoms with E-state index >= 15 is 0 Å². The van der Waals surface area contributed by atoms with Gasteiger partial charge in [0.15, 0.2) is 6.10 Å². The number of amides is 2. The van der Waals surface area contributed by atoms with Crippen LogP contribution in [0.2, 0.25) is 0 Å². The molecule has 1 aliphatic rings. The lowest BCUT2D eigenvalue weighted by molar-refractivity contribution is -0.122. The van der Waals surface area contributed by atoms with E-state index in [1.165, 1.54) is 17.5 Å². The molecule has 0 heterocycles. The van der Waals surface area contributed by atoms with Gasteiger partial charge in [-0.05, 0) is 82.7 Å². The van der Waals surface area contributed by atoms with Crippen LogP contribution in [-0.2, 0) is 17.6 Å². The molecule has 29 heavy (non-hydrogen) atoms. The van der Waals surface area contributed by atoms with Crippen LogP contribution in [0.3, 0.4) is 0 Å². The Balaban J connectivity index is 1.72. The summed E-state index contributed by atoms with van der Waals surface area (Å²) >= 11 is 0. The van der Waals surface area contributed by atoms with Crippen molar-refractivity contribution in [3.8, 4) is 5.75 Å². The van der Waals surface area contributed by atoms with Gasteiger partial charge in [0.2, 0.25) is 0 Å². The van der Waals surface area contributed by atoms with E-state index in [1.54, 1.807) is 31.2 Å². The second-order valence-electron chi connectivity index (χ2n) is 8.60. The summed E-state index contributed by atoms with van der Waals surface area (Å²) in [7, 11) is 0. The first-order valence-corrected chi connectivity index (χ1v) is 10.2. The first kappa shape index (κ1) is 20.9. The maximum absolute atomic E-state index is 12.8. The van der Waals surface area contributed by atoms with Crippen LogP contribution in [0.4, 0.5) is 5.69 Å². The minimum absolute atomic E-state index is 0.223. The number of aryl methyl sites for hydroxylation is 1. The van der Waals surface area contributed by atoms with Crippen LogP contribution < -0.4 is 15.4 Å². The minimum atomic E-state index is -0.679. The zero-order valence-electron chi connectivity index (χ0n) is 17.7. The SMILES string of the molecule is CC(Oc1cccc2c1CCCC2)C(=O)Nc1ccccc1C(=O)NC(C)(C)C. The zero-order chi connectivity index (χ0) is 21.0. The van der Waals surface area contributed by atoms with Gasteiger partial charge in [0.25, 0.3) is 11.8 Å². The highest BCUT2D eigenvalue weighted by atomic mass is 16.5. The molecule has 0 radical (unpaired) electrons. The van der Waals surface area contributed by atoms with Gasteiger partial charge in [-0.15, -0.1) is 0 Å². The molecule has 0 spiro atoms. The summed E-state index contributed by atoms with van der Waals surface area (Å²) in [5.41, 5.74) is 3.07. The molecule has 154 valence electrons. The molecular formula is C24H30N2O3. The number of fused-ring (bicyclic) bond motifs is 1. The van der Waals surface area contributed by atoms with Crippen LogP contribution in [0.5, 0.6) is 5.75 Å². The Labute approximate surface area is 172 Å². The van der Waals surface area contributed by atoms with Crippen molar-refractivity contribution in [3.63, 3.8) is 0 Å². The fraction of sp³-hybridized carbons (Fsp3) is 0.417. The summed E-state index contributed by atoms with van der Waals surface area (Å²) in [6.45, 7) is 7.49. The van der Waals surface area contributed by atoms with Crippen molar-refractivity contribution in [2.24, 2.45) is 0 Å². The fourth-order valence-electron chi connectivity index (χ4n) is 3.53. The zero-order valence-corrected chi connectivity index (χ0v) is 17.7. The lowest BCUT2D eigenvalue weighted by Crippen LogP contribution is -2.41. The molecule has 1 aliphatic carbocycles. The van der Waals surface area contributed by atoms with Crippen LogP contribution in [0.25, 0.3) is 0 Å². The van der Waals surface area contributed by atoms with Gasteiger partial charge < -0.3 is 15.4 Å². The Morgan fingerprint density at radius 1 is 1.00 bits per heavy atom. The third-order valence-corrected chi connectivity index (χ3v) is 4.94. The number of anilines is 1. The number of benzene rings is 2. The molecule has 0 saturated carbocycles. The molecular weight excluding hydrogens is 364 g/mol. The monoisotopic (exact) mass is 394 g/mol. The summed E-state index contributed by atoms with van der Waals surface area (Å²) in [6, 6.07) is 13.1. The number of ether oxygens (including phenoxy) is 1. The average molecular weight is 395 g/mol. The molecule has 0 saturated heterocycles. The maximum atomic E-state index is 12.8. The van der Waals surface area contributed by atoms with Crippen molar-refractivity contribution in [2.45, 2.75) is 65.0 Å². The third kappa shape index (κ3) is 5.37. The van der Waals surface area contributed by atoms with Gasteiger partial charge in [-0.25, -0.2) is 0 Å². The van der Waals surface area contributed by atoms with E-state index in [1.807, 2.05) is 32.9 Å². The number of rotatable bonds is 5. The smallest absolute Gasteiger partial charge is 0.265 e. The van der Waals surface area contributed by atoms with E-state index < -0.39 is 6.10 Å². The average Bonchev–Trinajstić information content (AvgIpc) is 2.67. The molecule has 5 heteroatoms. The molecule has 0 aromatic heterocycles. The normalized spacial score (nSPS) is 14.5. The predicted octanol–water partition coefficient (Wildman–Crippen LogP) is 4.50. The number of para-hydroxylation sites is 1. The Hall–Kier alpha value is -2.82. The summed E-state index contributed by atoms with van der Waals surface area (Å²) in [4.78, 5) is 25.4. The molecule has 2 amide bonds. The van der Waals surface area contributed by atoms with Crippen molar-refractivity contribution in [2.75, 3.05) is 5.32 Å². The summed E-state index contributed by atoms with van der Waals surface area (Å²) in [6.07, 6.45) is 3.70. The Kier molecular flexibility index (Phi) is 6.26. The van der Waals surface area contributed by atoms with Crippen molar-refractivity contribution in [1.82, 2.24) is 5.32 Å². The molecule has 2 aromatic rings. The molecule has 3 rings (SSSR count). The standard InChI is InChI=1S/C24H30N2O3/c1-16(29-21-15-9-11-17-10-5-6-12-18(17)21)22(27)25-20-14-8-7-13-19(20)23(28)26-24(2,3)4/h7-9,11,13-16H,5-6,10,12H2,1-4H3,(H,25,27)(H,26,28). The highest BCUT2D eigenvalue weighted by molar-refractivity contribution is 6.04. The van der Waals surface area contributed by atoms with Gasteiger partial charge in [0.05, 0.1) is 11.3 Å². The number of hydrogen-bond acceptors (Lipinski definition) is 3. The lowest BCUT2D eigenvalue weighted by atomic mass is 9.91. The quantitative estimate of drug-likeness (QED) is 0.785. The molecule has 2 N–H and O–H groups in total. The topological polar surface area (TPSA) is 67.4 Å². The molecule has 0 bridgehead atoms. The van der Waals surface area contributed by atoms with Crippen LogP contribution in [0.15, 0.2) is 42.5 Å². The molecule has 5 nitrogen and oxygen atoms in total. The number of nitrogens with one attached hydrogen (secondary N) is 2. The third-order valence-electron chi connectivity index (χ3n) is 4.94. The van der Waals surface area contributed by atoms with Crippen LogP contribution in [-0.4, -0.2) is 23.5 Å². The fourth-order valence-corrected chi connectivity index (χ4v) is 3.53. The van der Waals surface area contributed by atoms with Gasteiger partial charge in [0.1, 0.15) is 5.75 Å². The minimum Gasteiger partial charge on any atom is -0.481 e. The van der Waals surface area contributed by atoms with Crippen molar-refractivity contribution in [3.05, 3.63) is 59.2 Å². The number of hydrogen-bond donors (Lipinski definition) is 2. The highest BCUT2D eigenvalue weighted by Crippen LogP contribution is 2.30. The Morgan fingerprint density at radius 2 is 1.72 bits per heavy atom. The molecule has 2 aromatic carbocycles. The van der Waals surface area contributed by atoms with Crippen molar-refractivity contribution in [1.29, 1.82) is 0 Å². The van der Waals surface area contributed by atoms with Gasteiger partial charge >= 0.3 is 0 Å². The van der Waals surface area contributed by atoms with Gasteiger partial charge in [-0.2, -0.15) is 0 Å². The largest absolute Gasteiger partial charge is 0.481 e. The summed E-state index contributed by atoms with van der Waals surface area (Å²) in [5, 5.41) is 5.78. The maximum Gasteiger partial charge on any atom is 0.265 e. The highest BCUT2D eigenvalue weighted by Gasteiger charge is 2.22. The molecule has 0 fully saturated rings. The molecule has 1 unspecified atom stereocenters. The van der Waals surface area contributed by atoms with Crippen molar-refractivity contribution < 1.29 is 14.3 Å². The molecule has 1 atom stereocenters. The van der Waals surface area contributed by atoms with Crippen molar-refractivity contribution >= 4 is 17.5 Å². The second kappa shape index (κ2) is 8.68. The van der Waals surface area contributed by atoms with Gasteiger partial charge in [0, 0.05) is 5.54 Å². The van der Waals surface area contributed by atoms with E-state index in [4.69, 9.17) is 4.74 Å². The Morgan fingerprint density at radius 3 is 2.48 bits per heavy atom. The van der Waals surface area contributed by atoms with Crippen LogP contribution >= 0.6 is 0 Å². The van der Waals surface area contributed by atoms with Gasteiger partial charge in [-0.1, -0.05) is 24.3 Å². The first-order chi connectivity index (χ1) is 13.7. The lowest BCUT2D eigenvalue weighted by Gasteiger charge is -2.23. The van der Waals surface area contributed by atoms with Crippen LogP contribution in [0, 0.1) is 0 Å². The second-order valence-corrected chi connectivity index (χ2v) is 8.60. The van der Waals surface area contributed by atoms with Gasteiger partial charge in [-0.3, -0.25) is 9.59 Å². The summed E-state index contributed by atoms with van der Waals surface area (Å²) in [5.74, 6) is 0.275. The van der Waals surface area contributed by atoms with E-state index in [0.29, 0.717) is 11.3 Å². The predicted molar refractivity (Wildman–Crippen MR) is 115 cm³/mol. The first-order valence-electron chi connectivity index (χ1n) is 10.2. The molecule has 0 aliphatic heterocycles. The van der Waals surface area contributed by atoms with Crippen LogP contribution in [0.1, 0.15) is 62.0 Å². The van der Waals surface area contributed by atoms with E-state index in [0.717, 1.165) is 25.0 Å². The van der Waals surface area contributed by atoms with E-state index in [2.05, 4.69) is 16.7 Å². The summed E-state index contributed by atoms with van der Waals surface area (Å²) < 4.78 is 6.02. The Bertz CT molecular complexity index is 899.